The standard InChI is InChI=1S/C10H16N2O/c1-5-9(6-7-11-4)12-10(13)8(2)3/h5-8H,1H2,2-4H3,(H,12,13)/b9-6+,11-7?. The van der Waals surface area contributed by atoms with E-state index in [0.717, 1.165) is 0 Å². The molecule has 0 aromatic carbocycles. The monoisotopic (exact) mass is 180 g/mol. The predicted molar refractivity (Wildman–Crippen MR) is 55.7 cm³/mol. The summed E-state index contributed by atoms with van der Waals surface area (Å²) in [6.45, 7) is 7.26. The first-order chi connectivity index (χ1) is 6.11. The maximum atomic E-state index is 11.2. The fourth-order valence-electron chi connectivity index (χ4n) is 0.602. The van der Waals surface area contributed by atoms with Crippen LogP contribution in [-0.2, 0) is 4.79 Å². The lowest BCUT2D eigenvalue weighted by molar-refractivity contribution is -0.123. The van der Waals surface area contributed by atoms with E-state index in [1.54, 1.807) is 25.4 Å². The summed E-state index contributed by atoms with van der Waals surface area (Å²) in [6, 6.07) is 0. The van der Waals surface area contributed by atoms with Gasteiger partial charge in [0.2, 0.25) is 5.91 Å². The molecule has 0 unspecified atom stereocenters. The van der Waals surface area contributed by atoms with Gasteiger partial charge in [-0.3, -0.25) is 9.79 Å². The lowest BCUT2D eigenvalue weighted by Gasteiger charge is -2.06. The van der Waals surface area contributed by atoms with Gasteiger partial charge in [-0.1, -0.05) is 20.4 Å². The van der Waals surface area contributed by atoms with E-state index in [1.807, 2.05) is 13.8 Å². The molecule has 0 rings (SSSR count). The van der Waals surface area contributed by atoms with Crippen LogP contribution in [0.25, 0.3) is 0 Å². The van der Waals surface area contributed by atoms with Gasteiger partial charge in [-0.25, -0.2) is 0 Å². The number of rotatable bonds is 4. The first-order valence-corrected chi connectivity index (χ1v) is 4.17. The Morgan fingerprint density at radius 1 is 1.54 bits per heavy atom. The van der Waals surface area contributed by atoms with Crippen LogP contribution in [0.4, 0.5) is 0 Å². The molecular formula is C10H16N2O. The molecule has 3 heteroatoms. The molecule has 0 aromatic rings. The maximum Gasteiger partial charge on any atom is 0.226 e. The van der Waals surface area contributed by atoms with Crippen LogP contribution in [0.1, 0.15) is 13.8 Å². The van der Waals surface area contributed by atoms with Crippen molar-refractivity contribution in [2.45, 2.75) is 13.8 Å². The second-order valence-corrected chi connectivity index (χ2v) is 2.88. The van der Waals surface area contributed by atoms with E-state index in [2.05, 4.69) is 16.9 Å². The summed E-state index contributed by atoms with van der Waals surface area (Å²) in [6.07, 6.45) is 4.90. The number of nitrogens with one attached hydrogen (secondary N) is 1. The number of nitrogens with zero attached hydrogens (tertiary/aromatic N) is 1. The Morgan fingerprint density at radius 3 is 2.54 bits per heavy atom. The third-order valence-electron chi connectivity index (χ3n) is 1.41. The van der Waals surface area contributed by atoms with E-state index in [9.17, 15) is 4.79 Å². The van der Waals surface area contributed by atoms with Crippen molar-refractivity contribution in [1.82, 2.24) is 5.32 Å². The molecule has 0 bridgehead atoms. The number of hydrogen-bond donors (Lipinski definition) is 1. The summed E-state index contributed by atoms with van der Waals surface area (Å²) in [4.78, 5) is 15.0. The number of carbonyl (C=O) groups is 1. The highest BCUT2D eigenvalue weighted by Gasteiger charge is 2.05. The number of allylic oxidation sites excluding steroid dienone is 2. The first-order valence-electron chi connectivity index (χ1n) is 4.17. The van der Waals surface area contributed by atoms with Crippen molar-refractivity contribution < 1.29 is 4.79 Å². The number of carbonyl (C=O) groups excluding carboxylic acids is 1. The quantitative estimate of drug-likeness (QED) is 0.517. The summed E-state index contributed by atoms with van der Waals surface area (Å²) >= 11 is 0. The second kappa shape index (κ2) is 6.17. The molecule has 3 nitrogen and oxygen atoms in total. The highest BCUT2D eigenvalue weighted by molar-refractivity contribution is 5.82. The third kappa shape index (κ3) is 4.95. The van der Waals surface area contributed by atoms with Gasteiger partial charge in [0.15, 0.2) is 0 Å². The highest BCUT2D eigenvalue weighted by atomic mass is 16.1. The molecule has 0 heterocycles. The average molecular weight is 180 g/mol. The average Bonchev–Trinajstić information content (AvgIpc) is 2.11. The van der Waals surface area contributed by atoms with Gasteiger partial charge in [-0.15, -0.1) is 0 Å². The molecule has 0 spiro atoms. The molecule has 0 aliphatic carbocycles. The van der Waals surface area contributed by atoms with Crippen LogP contribution in [0.2, 0.25) is 0 Å². The Kier molecular flexibility index (Phi) is 5.52. The molecule has 0 radical (unpaired) electrons. The van der Waals surface area contributed by atoms with Crippen molar-refractivity contribution in [1.29, 1.82) is 0 Å². The van der Waals surface area contributed by atoms with Crippen molar-refractivity contribution in [2.75, 3.05) is 7.05 Å². The van der Waals surface area contributed by atoms with Crippen LogP contribution in [0, 0.1) is 5.92 Å². The smallest absolute Gasteiger partial charge is 0.226 e. The number of amides is 1. The van der Waals surface area contributed by atoms with Crippen LogP contribution in [0.5, 0.6) is 0 Å². The van der Waals surface area contributed by atoms with Crippen LogP contribution < -0.4 is 5.32 Å². The van der Waals surface area contributed by atoms with E-state index in [4.69, 9.17) is 0 Å². The maximum absolute atomic E-state index is 11.2. The summed E-state index contributed by atoms with van der Waals surface area (Å²) in [7, 11) is 1.67. The zero-order chi connectivity index (χ0) is 10.3. The van der Waals surface area contributed by atoms with Gasteiger partial charge < -0.3 is 5.32 Å². The fourth-order valence-corrected chi connectivity index (χ4v) is 0.602. The van der Waals surface area contributed by atoms with Crippen molar-refractivity contribution in [3.8, 4) is 0 Å². The van der Waals surface area contributed by atoms with Crippen LogP contribution in [0.15, 0.2) is 29.4 Å². The molecule has 1 amide bonds. The molecule has 0 aliphatic heterocycles. The highest BCUT2D eigenvalue weighted by Crippen LogP contribution is 1.95. The fraction of sp³-hybridized carbons (Fsp3) is 0.400. The minimum absolute atomic E-state index is 0.0179. The van der Waals surface area contributed by atoms with E-state index in [-0.39, 0.29) is 11.8 Å². The largest absolute Gasteiger partial charge is 0.326 e. The topological polar surface area (TPSA) is 41.5 Å². The molecule has 0 atom stereocenters. The first kappa shape index (κ1) is 11.6. The Morgan fingerprint density at radius 2 is 2.15 bits per heavy atom. The van der Waals surface area contributed by atoms with Gasteiger partial charge in [0.25, 0.3) is 0 Å². The summed E-state index contributed by atoms with van der Waals surface area (Å²) < 4.78 is 0. The third-order valence-corrected chi connectivity index (χ3v) is 1.41. The second-order valence-electron chi connectivity index (χ2n) is 2.88. The normalized spacial score (nSPS) is 12.2. The van der Waals surface area contributed by atoms with Gasteiger partial charge in [0.05, 0.1) is 0 Å². The minimum atomic E-state index is -0.0260. The van der Waals surface area contributed by atoms with Crippen molar-refractivity contribution >= 4 is 12.1 Å². The Labute approximate surface area is 79.3 Å². The van der Waals surface area contributed by atoms with Crippen molar-refractivity contribution in [2.24, 2.45) is 10.9 Å². The van der Waals surface area contributed by atoms with Crippen molar-refractivity contribution in [3.63, 3.8) is 0 Å². The Balaban J connectivity index is 4.29. The van der Waals surface area contributed by atoms with Crippen LogP contribution >= 0.6 is 0 Å². The zero-order valence-corrected chi connectivity index (χ0v) is 8.37. The number of aliphatic imine (C=N–C) groups is 1. The SMILES string of the molecule is C=C/C(=C\C=NC)NC(=O)C(C)C. The molecule has 72 valence electrons. The zero-order valence-electron chi connectivity index (χ0n) is 8.37. The van der Waals surface area contributed by atoms with Gasteiger partial charge in [-0.05, 0) is 12.2 Å². The molecular weight excluding hydrogens is 164 g/mol. The molecule has 0 saturated heterocycles. The van der Waals surface area contributed by atoms with E-state index in [1.165, 1.54) is 0 Å². The predicted octanol–water partition coefficient (Wildman–Crippen LogP) is 1.53. The van der Waals surface area contributed by atoms with Gasteiger partial charge in [0, 0.05) is 24.9 Å². The van der Waals surface area contributed by atoms with Gasteiger partial charge >= 0.3 is 0 Å². The summed E-state index contributed by atoms with van der Waals surface area (Å²) in [5.74, 6) is -0.0439. The van der Waals surface area contributed by atoms with E-state index < -0.39 is 0 Å². The summed E-state index contributed by atoms with van der Waals surface area (Å²) in [5.41, 5.74) is 0.671. The van der Waals surface area contributed by atoms with Crippen LogP contribution in [0.3, 0.4) is 0 Å². The lowest BCUT2D eigenvalue weighted by atomic mass is 10.2. The van der Waals surface area contributed by atoms with Crippen LogP contribution in [-0.4, -0.2) is 19.2 Å². The molecule has 0 aliphatic rings. The number of hydrogen-bond acceptors (Lipinski definition) is 2. The molecule has 1 N–H and O–H groups in total. The molecule has 0 fully saturated rings. The molecule has 0 saturated carbocycles. The van der Waals surface area contributed by atoms with Gasteiger partial charge in [0.1, 0.15) is 0 Å². The lowest BCUT2D eigenvalue weighted by Crippen LogP contribution is -2.26. The Bertz CT molecular complexity index is 239. The van der Waals surface area contributed by atoms with E-state index >= 15 is 0 Å². The molecule has 0 aromatic heterocycles. The minimum Gasteiger partial charge on any atom is -0.326 e. The van der Waals surface area contributed by atoms with E-state index in [0.29, 0.717) is 5.70 Å². The molecule has 13 heavy (non-hydrogen) atoms. The van der Waals surface area contributed by atoms with Gasteiger partial charge in [-0.2, -0.15) is 0 Å². The summed E-state index contributed by atoms with van der Waals surface area (Å²) in [5, 5.41) is 2.71. The Hall–Kier alpha value is -1.38. The van der Waals surface area contributed by atoms with Crippen molar-refractivity contribution in [3.05, 3.63) is 24.4 Å².